The molecule has 2 aliphatic rings. The molecular formula is C20H16ClF2NO4. The first kappa shape index (κ1) is 18.7. The molecule has 1 saturated heterocycles. The van der Waals surface area contributed by atoms with Crippen molar-refractivity contribution in [2.24, 2.45) is 5.92 Å². The topological polar surface area (TPSA) is 55.8 Å². The first-order valence-electron chi connectivity index (χ1n) is 8.74. The van der Waals surface area contributed by atoms with Crippen molar-refractivity contribution in [1.29, 1.82) is 0 Å². The molecule has 0 saturated carbocycles. The number of fused-ring (bicyclic) bond motifs is 1. The third-order valence-corrected chi connectivity index (χ3v) is 5.07. The molecule has 0 radical (unpaired) electrons. The Morgan fingerprint density at radius 3 is 2.75 bits per heavy atom. The minimum atomic E-state index is -0.668. The van der Waals surface area contributed by atoms with E-state index in [-0.39, 0.29) is 35.3 Å². The number of rotatable bonds is 4. The number of carbonyl (C=O) groups is 2. The van der Waals surface area contributed by atoms with E-state index >= 15 is 0 Å². The van der Waals surface area contributed by atoms with E-state index in [9.17, 15) is 18.4 Å². The van der Waals surface area contributed by atoms with Crippen LogP contribution in [0.15, 0.2) is 30.3 Å². The van der Waals surface area contributed by atoms with E-state index in [0.717, 1.165) is 6.07 Å². The van der Waals surface area contributed by atoms with Gasteiger partial charge in [-0.3, -0.25) is 9.59 Å². The van der Waals surface area contributed by atoms with Crippen LogP contribution < -0.4 is 9.47 Å². The first-order chi connectivity index (χ1) is 13.4. The summed E-state index contributed by atoms with van der Waals surface area (Å²) in [4.78, 5) is 25.6. The summed E-state index contributed by atoms with van der Waals surface area (Å²) in [5.41, 5.74) is 0.455. The van der Waals surface area contributed by atoms with Crippen LogP contribution in [0.5, 0.6) is 11.5 Å². The van der Waals surface area contributed by atoms with E-state index in [2.05, 4.69) is 0 Å². The molecule has 2 aromatic carbocycles. The third kappa shape index (κ3) is 3.67. The van der Waals surface area contributed by atoms with Crippen LogP contribution in [0.1, 0.15) is 15.9 Å². The van der Waals surface area contributed by atoms with Gasteiger partial charge in [0.1, 0.15) is 29.7 Å². The summed E-state index contributed by atoms with van der Waals surface area (Å²) in [5.74, 6) is -0.896. The Hall–Kier alpha value is -2.67. The molecular weight excluding hydrogens is 392 g/mol. The maximum Gasteiger partial charge on any atom is 0.256 e. The minimum Gasteiger partial charge on any atom is -0.493 e. The number of ether oxygens (including phenoxy) is 2. The van der Waals surface area contributed by atoms with Crippen LogP contribution in [0.3, 0.4) is 0 Å². The molecule has 5 nitrogen and oxygen atoms in total. The summed E-state index contributed by atoms with van der Waals surface area (Å²) < 4.78 is 38.2. The average molecular weight is 408 g/mol. The van der Waals surface area contributed by atoms with Crippen molar-refractivity contribution in [3.63, 3.8) is 0 Å². The Bertz CT molecular complexity index is 959. The lowest BCUT2D eigenvalue weighted by Crippen LogP contribution is -2.52. The molecule has 0 aromatic heterocycles. The number of benzene rings is 2. The van der Waals surface area contributed by atoms with Crippen LogP contribution in [0.4, 0.5) is 8.78 Å². The summed E-state index contributed by atoms with van der Waals surface area (Å²) >= 11 is 5.71. The summed E-state index contributed by atoms with van der Waals surface area (Å²) in [6.45, 7) is 1.09. The highest BCUT2D eigenvalue weighted by Crippen LogP contribution is 2.29. The van der Waals surface area contributed by atoms with Gasteiger partial charge < -0.3 is 14.4 Å². The molecule has 1 amide bonds. The number of Topliss-reactive ketones (excluding diaryl/α,β-unsaturated/α-hetero) is 1. The lowest BCUT2D eigenvalue weighted by Gasteiger charge is -2.39. The Balaban J connectivity index is 1.35. The molecule has 0 bridgehead atoms. The maximum atomic E-state index is 14.3. The lowest BCUT2D eigenvalue weighted by atomic mass is 9.97. The Morgan fingerprint density at radius 2 is 2.00 bits per heavy atom. The zero-order valence-electron chi connectivity index (χ0n) is 14.7. The number of ketones is 1. The number of halogens is 3. The largest absolute Gasteiger partial charge is 0.493 e. The molecule has 1 fully saturated rings. The van der Waals surface area contributed by atoms with Gasteiger partial charge in [-0.15, -0.1) is 0 Å². The molecule has 2 aromatic rings. The van der Waals surface area contributed by atoms with Gasteiger partial charge in [-0.1, -0.05) is 11.6 Å². The van der Waals surface area contributed by atoms with Gasteiger partial charge in [0.15, 0.2) is 5.78 Å². The number of likely N-dealkylation sites (tertiary alicyclic amines) is 1. The molecule has 28 heavy (non-hydrogen) atoms. The monoisotopic (exact) mass is 407 g/mol. The second-order valence-electron chi connectivity index (χ2n) is 6.91. The van der Waals surface area contributed by atoms with Gasteiger partial charge in [0, 0.05) is 43.1 Å². The molecule has 2 aliphatic heterocycles. The minimum absolute atomic E-state index is 0.0201. The van der Waals surface area contributed by atoms with Gasteiger partial charge in [0.25, 0.3) is 5.91 Å². The number of hydrogen-bond acceptors (Lipinski definition) is 4. The van der Waals surface area contributed by atoms with Crippen LogP contribution in [-0.2, 0) is 11.2 Å². The highest BCUT2D eigenvalue weighted by molar-refractivity contribution is 6.30. The Morgan fingerprint density at radius 1 is 1.21 bits per heavy atom. The fourth-order valence-corrected chi connectivity index (χ4v) is 3.42. The van der Waals surface area contributed by atoms with Crippen molar-refractivity contribution in [2.75, 3.05) is 26.3 Å². The fourth-order valence-electron chi connectivity index (χ4n) is 3.25. The van der Waals surface area contributed by atoms with E-state index in [1.54, 1.807) is 0 Å². The smallest absolute Gasteiger partial charge is 0.256 e. The standard InChI is InChI=1S/C20H16ClF2NO4/c21-16-5-14(1-2-17(16)22)27-9-11-7-24(8-11)20(26)15-4-12-3-13(25)10-28-19(12)6-18(15)23/h1-2,4-6,11H,3,7-10H2. The van der Waals surface area contributed by atoms with Crippen LogP contribution >= 0.6 is 11.6 Å². The van der Waals surface area contributed by atoms with Gasteiger partial charge in [0.2, 0.25) is 0 Å². The lowest BCUT2D eigenvalue weighted by molar-refractivity contribution is -0.121. The van der Waals surface area contributed by atoms with Crippen molar-refractivity contribution in [1.82, 2.24) is 4.90 Å². The van der Waals surface area contributed by atoms with Crippen molar-refractivity contribution in [2.45, 2.75) is 6.42 Å². The molecule has 0 aliphatic carbocycles. The van der Waals surface area contributed by atoms with E-state index in [1.165, 1.54) is 29.2 Å². The van der Waals surface area contributed by atoms with Gasteiger partial charge in [-0.2, -0.15) is 0 Å². The van der Waals surface area contributed by atoms with Crippen molar-refractivity contribution in [3.05, 3.63) is 58.1 Å². The molecule has 0 atom stereocenters. The summed E-state index contributed by atoms with van der Waals surface area (Å²) in [6, 6.07) is 6.66. The van der Waals surface area contributed by atoms with Crippen molar-refractivity contribution >= 4 is 23.3 Å². The molecule has 0 unspecified atom stereocenters. The van der Waals surface area contributed by atoms with Crippen LogP contribution in [-0.4, -0.2) is 42.9 Å². The van der Waals surface area contributed by atoms with Crippen LogP contribution in [0.25, 0.3) is 0 Å². The quantitative estimate of drug-likeness (QED) is 0.780. The third-order valence-electron chi connectivity index (χ3n) is 4.78. The second-order valence-corrected chi connectivity index (χ2v) is 7.31. The number of carbonyl (C=O) groups excluding carboxylic acids is 2. The van der Waals surface area contributed by atoms with Gasteiger partial charge in [0.05, 0.1) is 17.2 Å². The summed E-state index contributed by atoms with van der Waals surface area (Å²) in [6.07, 6.45) is 0.132. The predicted octanol–water partition coefficient (Wildman–Crippen LogP) is 3.27. The number of amides is 1. The average Bonchev–Trinajstić information content (AvgIpc) is 2.62. The number of nitrogens with zero attached hydrogens (tertiary/aromatic N) is 1. The van der Waals surface area contributed by atoms with Crippen LogP contribution in [0, 0.1) is 17.6 Å². The van der Waals surface area contributed by atoms with Gasteiger partial charge in [-0.05, 0) is 18.2 Å². The SMILES string of the molecule is O=C1COc2cc(F)c(C(=O)N3CC(COc4ccc(F)c(Cl)c4)C3)cc2C1. The van der Waals surface area contributed by atoms with E-state index in [0.29, 0.717) is 36.8 Å². The second kappa shape index (κ2) is 7.39. The maximum absolute atomic E-state index is 14.3. The highest BCUT2D eigenvalue weighted by atomic mass is 35.5. The Kier molecular flexibility index (Phi) is 4.93. The zero-order valence-corrected chi connectivity index (χ0v) is 15.5. The first-order valence-corrected chi connectivity index (χ1v) is 9.12. The Labute approximate surface area is 164 Å². The van der Waals surface area contributed by atoms with E-state index in [1.807, 2.05) is 0 Å². The van der Waals surface area contributed by atoms with E-state index in [4.69, 9.17) is 21.1 Å². The number of hydrogen-bond donors (Lipinski definition) is 0. The molecule has 0 N–H and O–H groups in total. The summed E-state index contributed by atoms with van der Waals surface area (Å²) in [5, 5.41) is -0.0201. The highest BCUT2D eigenvalue weighted by Gasteiger charge is 2.33. The van der Waals surface area contributed by atoms with Crippen molar-refractivity contribution in [3.8, 4) is 11.5 Å². The normalized spacial score (nSPS) is 16.2. The molecule has 146 valence electrons. The predicted molar refractivity (Wildman–Crippen MR) is 96.9 cm³/mol. The van der Waals surface area contributed by atoms with Crippen molar-refractivity contribution < 1.29 is 27.8 Å². The molecule has 4 rings (SSSR count). The fraction of sp³-hybridized carbons (Fsp3) is 0.300. The molecule has 2 heterocycles. The van der Waals surface area contributed by atoms with E-state index < -0.39 is 17.5 Å². The summed E-state index contributed by atoms with van der Waals surface area (Å²) in [7, 11) is 0. The van der Waals surface area contributed by atoms with Gasteiger partial charge in [-0.25, -0.2) is 8.78 Å². The van der Waals surface area contributed by atoms with Crippen LogP contribution in [0.2, 0.25) is 5.02 Å². The molecule has 0 spiro atoms. The molecule has 8 heteroatoms. The van der Waals surface area contributed by atoms with Gasteiger partial charge >= 0.3 is 0 Å². The zero-order chi connectivity index (χ0) is 19.8.